The van der Waals surface area contributed by atoms with Crippen molar-refractivity contribution in [2.75, 3.05) is 16.2 Å². The van der Waals surface area contributed by atoms with E-state index in [0.29, 0.717) is 30.6 Å². The van der Waals surface area contributed by atoms with Crippen LogP contribution in [-0.4, -0.2) is 20.9 Å². The fraction of sp³-hybridized carbons (Fsp3) is 0.235. The Balaban J connectivity index is 1.93. The minimum absolute atomic E-state index is 0.0408. The molecule has 132 valence electrons. The number of amides is 1. The third-order valence-corrected chi connectivity index (χ3v) is 5.41. The number of fused-ring (bicyclic) bond motifs is 1. The van der Waals surface area contributed by atoms with Crippen LogP contribution >= 0.6 is 0 Å². The average molecular weight is 366 g/mol. The van der Waals surface area contributed by atoms with Crippen molar-refractivity contribution >= 4 is 27.3 Å². The van der Waals surface area contributed by atoms with Crippen molar-refractivity contribution in [1.82, 2.24) is 0 Å². The van der Waals surface area contributed by atoms with Crippen molar-refractivity contribution < 1.29 is 22.0 Å². The fourth-order valence-electron chi connectivity index (χ4n) is 2.78. The number of sulfonamides is 1. The van der Waals surface area contributed by atoms with Gasteiger partial charge < -0.3 is 4.90 Å². The highest BCUT2D eigenvalue weighted by molar-refractivity contribution is 7.92. The summed E-state index contributed by atoms with van der Waals surface area (Å²) in [5.74, 6) is -2.03. The van der Waals surface area contributed by atoms with Crippen molar-refractivity contribution in [3.63, 3.8) is 0 Å². The second-order valence-electron chi connectivity index (χ2n) is 5.64. The Bertz CT molecular complexity index is 925. The maximum Gasteiger partial charge on any atom is 0.262 e. The molecule has 0 spiro atoms. The van der Waals surface area contributed by atoms with Gasteiger partial charge in [0.2, 0.25) is 5.91 Å². The third-order valence-electron chi connectivity index (χ3n) is 4.06. The molecule has 3 rings (SSSR count). The summed E-state index contributed by atoms with van der Waals surface area (Å²) < 4.78 is 54.2. The van der Waals surface area contributed by atoms with E-state index in [0.717, 1.165) is 18.2 Å². The molecule has 0 aliphatic carbocycles. The molecule has 8 heteroatoms. The molecule has 1 aliphatic rings. The number of hydrogen-bond acceptors (Lipinski definition) is 3. The Morgan fingerprint density at radius 1 is 1.20 bits per heavy atom. The number of hydrogen-bond donors (Lipinski definition) is 1. The highest BCUT2D eigenvalue weighted by Crippen LogP contribution is 2.31. The van der Waals surface area contributed by atoms with E-state index in [1.165, 1.54) is 12.1 Å². The largest absolute Gasteiger partial charge is 0.312 e. The van der Waals surface area contributed by atoms with Gasteiger partial charge in [-0.1, -0.05) is 13.0 Å². The second kappa shape index (κ2) is 6.44. The van der Waals surface area contributed by atoms with E-state index in [9.17, 15) is 22.0 Å². The summed E-state index contributed by atoms with van der Waals surface area (Å²) >= 11 is 0. The first-order valence-electron chi connectivity index (χ1n) is 7.73. The fourth-order valence-corrected chi connectivity index (χ4v) is 3.91. The molecule has 0 fully saturated rings. The molecule has 0 bridgehead atoms. The standard InChI is InChI=1S/C17H16F2N2O3S/c1-2-16(22)21-9-8-11-10-12(6-7-15(11)21)25(23,24)20-17-13(18)4-3-5-14(17)19/h3-7,10,20H,2,8-9H2,1H3. The van der Waals surface area contributed by atoms with Gasteiger partial charge in [0.25, 0.3) is 10.0 Å². The lowest BCUT2D eigenvalue weighted by atomic mass is 10.2. The molecule has 1 amide bonds. The zero-order valence-electron chi connectivity index (χ0n) is 13.4. The maximum atomic E-state index is 13.7. The van der Waals surface area contributed by atoms with E-state index in [4.69, 9.17) is 0 Å². The predicted molar refractivity (Wildman–Crippen MR) is 90.0 cm³/mol. The highest BCUT2D eigenvalue weighted by atomic mass is 32.2. The molecule has 0 unspecified atom stereocenters. The minimum Gasteiger partial charge on any atom is -0.312 e. The topological polar surface area (TPSA) is 66.5 Å². The van der Waals surface area contributed by atoms with Crippen LogP contribution in [0.1, 0.15) is 18.9 Å². The van der Waals surface area contributed by atoms with E-state index in [1.54, 1.807) is 17.9 Å². The number of benzene rings is 2. The van der Waals surface area contributed by atoms with Crippen LogP contribution in [0.4, 0.5) is 20.2 Å². The van der Waals surface area contributed by atoms with Gasteiger partial charge in [-0.05, 0) is 42.3 Å². The molecule has 0 saturated carbocycles. The molecule has 0 aromatic heterocycles. The first-order valence-corrected chi connectivity index (χ1v) is 9.22. The van der Waals surface area contributed by atoms with Gasteiger partial charge in [-0.25, -0.2) is 17.2 Å². The van der Waals surface area contributed by atoms with Gasteiger partial charge in [-0.2, -0.15) is 0 Å². The Kier molecular flexibility index (Phi) is 4.47. The van der Waals surface area contributed by atoms with Crippen LogP contribution < -0.4 is 9.62 Å². The third kappa shape index (κ3) is 3.21. The molecule has 0 atom stereocenters. The van der Waals surface area contributed by atoms with Crippen LogP contribution in [0.2, 0.25) is 0 Å². The van der Waals surface area contributed by atoms with Crippen molar-refractivity contribution in [1.29, 1.82) is 0 Å². The van der Waals surface area contributed by atoms with Gasteiger partial charge in [0, 0.05) is 18.7 Å². The number of nitrogens with zero attached hydrogens (tertiary/aromatic N) is 1. The zero-order valence-corrected chi connectivity index (χ0v) is 14.2. The van der Waals surface area contributed by atoms with Crippen LogP contribution in [0, 0.1) is 11.6 Å². The molecular weight excluding hydrogens is 350 g/mol. The molecule has 1 N–H and O–H groups in total. The monoisotopic (exact) mass is 366 g/mol. The summed E-state index contributed by atoms with van der Waals surface area (Å²) in [7, 11) is -4.16. The van der Waals surface area contributed by atoms with E-state index in [2.05, 4.69) is 0 Å². The SMILES string of the molecule is CCC(=O)N1CCc2cc(S(=O)(=O)Nc3c(F)cccc3F)ccc21. The Labute approximate surface area is 144 Å². The smallest absolute Gasteiger partial charge is 0.262 e. The molecule has 0 saturated heterocycles. The van der Waals surface area contributed by atoms with Gasteiger partial charge in [-0.15, -0.1) is 0 Å². The van der Waals surface area contributed by atoms with Crippen molar-refractivity contribution in [2.24, 2.45) is 0 Å². The molecule has 2 aromatic rings. The molecule has 2 aromatic carbocycles. The molecule has 25 heavy (non-hydrogen) atoms. The van der Waals surface area contributed by atoms with Gasteiger partial charge in [0.15, 0.2) is 0 Å². The van der Waals surface area contributed by atoms with Gasteiger partial charge >= 0.3 is 0 Å². The van der Waals surface area contributed by atoms with Crippen molar-refractivity contribution in [2.45, 2.75) is 24.7 Å². The first-order chi connectivity index (χ1) is 11.8. The second-order valence-corrected chi connectivity index (χ2v) is 7.32. The minimum atomic E-state index is -4.16. The van der Waals surface area contributed by atoms with Crippen molar-refractivity contribution in [3.05, 3.63) is 53.6 Å². The number of carbonyl (C=O) groups is 1. The lowest BCUT2D eigenvalue weighted by Gasteiger charge is -2.16. The Morgan fingerprint density at radius 3 is 2.52 bits per heavy atom. The summed E-state index contributed by atoms with van der Waals surface area (Å²) in [6.07, 6.45) is 0.881. The molecule has 5 nitrogen and oxygen atoms in total. The number of halogens is 2. The average Bonchev–Trinajstić information content (AvgIpc) is 3.01. The van der Waals surface area contributed by atoms with Gasteiger partial charge in [0.05, 0.1) is 4.90 Å². The van der Waals surface area contributed by atoms with Crippen LogP contribution in [-0.2, 0) is 21.2 Å². The number of anilines is 2. The van der Waals surface area contributed by atoms with E-state index < -0.39 is 27.3 Å². The lowest BCUT2D eigenvalue weighted by Crippen LogP contribution is -2.27. The Hall–Kier alpha value is -2.48. The first kappa shape index (κ1) is 17.3. The Morgan fingerprint density at radius 2 is 1.88 bits per heavy atom. The summed E-state index contributed by atoms with van der Waals surface area (Å²) in [5.41, 5.74) is 0.660. The number of nitrogens with one attached hydrogen (secondary N) is 1. The lowest BCUT2D eigenvalue weighted by molar-refractivity contribution is -0.118. The quantitative estimate of drug-likeness (QED) is 0.904. The van der Waals surface area contributed by atoms with E-state index >= 15 is 0 Å². The maximum absolute atomic E-state index is 13.7. The number of para-hydroxylation sites is 1. The summed E-state index contributed by atoms with van der Waals surface area (Å²) in [6, 6.07) is 7.38. The number of carbonyl (C=O) groups excluding carboxylic acids is 1. The molecule has 1 aliphatic heterocycles. The highest BCUT2D eigenvalue weighted by Gasteiger charge is 2.26. The zero-order chi connectivity index (χ0) is 18.2. The summed E-state index contributed by atoms with van der Waals surface area (Å²) in [5, 5.41) is 0. The van der Waals surface area contributed by atoms with E-state index in [1.807, 2.05) is 4.72 Å². The summed E-state index contributed by atoms with van der Waals surface area (Å²) in [6.45, 7) is 2.24. The predicted octanol–water partition coefficient (Wildman–Crippen LogP) is 3.06. The normalized spacial score (nSPS) is 13.6. The van der Waals surface area contributed by atoms with Gasteiger partial charge in [-0.3, -0.25) is 9.52 Å². The summed E-state index contributed by atoms with van der Waals surface area (Å²) in [4.78, 5) is 13.4. The van der Waals surface area contributed by atoms with Crippen LogP contribution in [0.15, 0.2) is 41.3 Å². The number of rotatable bonds is 4. The van der Waals surface area contributed by atoms with Crippen molar-refractivity contribution in [3.8, 4) is 0 Å². The van der Waals surface area contributed by atoms with Crippen LogP contribution in [0.25, 0.3) is 0 Å². The molecular formula is C17H16F2N2O3S. The van der Waals surface area contributed by atoms with Gasteiger partial charge in [0.1, 0.15) is 17.3 Å². The molecule has 0 radical (unpaired) electrons. The van der Waals surface area contributed by atoms with E-state index in [-0.39, 0.29) is 10.8 Å². The van der Waals surface area contributed by atoms with Crippen LogP contribution in [0.3, 0.4) is 0 Å². The molecule has 1 heterocycles. The van der Waals surface area contributed by atoms with Crippen LogP contribution in [0.5, 0.6) is 0 Å².